The van der Waals surface area contributed by atoms with Gasteiger partial charge >= 0.3 is 0 Å². The Bertz CT molecular complexity index is 543. The first-order chi connectivity index (χ1) is 9.11. The number of pyridine rings is 1. The molecule has 0 bridgehead atoms. The molecule has 19 heavy (non-hydrogen) atoms. The molecule has 1 N–H and O–H groups in total. The van der Waals surface area contributed by atoms with Crippen LogP contribution in [0, 0.1) is 13.8 Å². The van der Waals surface area contributed by atoms with Gasteiger partial charge in [-0.05, 0) is 48.5 Å². The molecule has 4 nitrogen and oxygen atoms in total. The summed E-state index contributed by atoms with van der Waals surface area (Å²) in [6.07, 6.45) is 1.76. The van der Waals surface area contributed by atoms with Gasteiger partial charge in [0.25, 0.3) is 0 Å². The molecule has 100 valence electrons. The molecule has 0 atom stereocenters. The van der Waals surface area contributed by atoms with Crippen LogP contribution in [0.15, 0.2) is 22.8 Å². The second kappa shape index (κ2) is 6.21. The predicted molar refractivity (Wildman–Crippen MR) is 79.8 cm³/mol. The minimum absolute atomic E-state index is 0.683. The summed E-state index contributed by atoms with van der Waals surface area (Å²) in [5.41, 5.74) is 3.98. The molecule has 0 unspecified atom stereocenters. The van der Waals surface area contributed by atoms with Crippen molar-refractivity contribution < 1.29 is 0 Å². The van der Waals surface area contributed by atoms with Crippen molar-refractivity contribution in [2.24, 2.45) is 0 Å². The van der Waals surface area contributed by atoms with E-state index in [4.69, 9.17) is 0 Å². The lowest BCUT2D eigenvalue weighted by atomic mass is 10.1. The van der Waals surface area contributed by atoms with E-state index < -0.39 is 0 Å². The van der Waals surface area contributed by atoms with Gasteiger partial charge in [0, 0.05) is 34.2 Å². The minimum Gasteiger partial charge on any atom is -0.313 e. The second-order valence-corrected chi connectivity index (χ2v) is 5.25. The van der Waals surface area contributed by atoms with Crippen LogP contribution in [0.1, 0.15) is 23.9 Å². The first-order valence-electron chi connectivity index (χ1n) is 6.28. The third-order valence-electron chi connectivity index (χ3n) is 2.93. The van der Waals surface area contributed by atoms with Crippen molar-refractivity contribution in [3.63, 3.8) is 0 Å². The maximum absolute atomic E-state index is 4.56. The number of aromatic nitrogens is 3. The SMILES string of the molecule is CCNCc1c(C)nc(-c2ccc(Br)cn2)nc1C. The van der Waals surface area contributed by atoms with E-state index in [-0.39, 0.29) is 0 Å². The van der Waals surface area contributed by atoms with Gasteiger partial charge in [-0.2, -0.15) is 0 Å². The first-order valence-corrected chi connectivity index (χ1v) is 7.08. The van der Waals surface area contributed by atoms with Crippen LogP contribution in [-0.2, 0) is 6.54 Å². The van der Waals surface area contributed by atoms with Crippen LogP contribution in [0.3, 0.4) is 0 Å². The minimum atomic E-state index is 0.683. The van der Waals surface area contributed by atoms with Crippen LogP contribution in [0.25, 0.3) is 11.5 Å². The molecule has 0 spiro atoms. The molecule has 0 radical (unpaired) electrons. The molecular weight excluding hydrogens is 304 g/mol. The van der Waals surface area contributed by atoms with Crippen LogP contribution >= 0.6 is 15.9 Å². The Balaban J connectivity index is 2.36. The Hall–Kier alpha value is -1.33. The normalized spacial score (nSPS) is 10.7. The fraction of sp³-hybridized carbons (Fsp3) is 0.357. The van der Waals surface area contributed by atoms with Gasteiger partial charge in [0.2, 0.25) is 0 Å². The Morgan fingerprint density at radius 1 is 1.16 bits per heavy atom. The van der Waals surface area contributed by atoms with Gasteiger partial charge < -0.3 is 5.32 Å². The summed E-state index contributed by atoms with van der Waals surface area (Å²) in [5, 5.41) is 3.31. The number of aryl methyl sites for hydroxylation is 2. The van der Waals surface area contributed by atoms with Crippen molar-refractivity contribution >= 4 is 15.9 Å². The van der Waals surface area contributed by atoms with E-state index in [2.05, 4.69) is 43.1 Å². The predicted octanol–water partition coefficient (Wildman–Crippen LogP) is 3.03. The molecule has 2 aromatic heterocycles. The molecule has 5 heteroatoms. The third-order valence-corrected chi connectivity index (χ3v) is 3.40. The lowest BCUT2D eigenvalue weighted by molar-refractivity contribution is 0.711. The van der Waals surface area contributed by atoms with Gasteiger partial charge in [-0.15, -0.1) is 0 Å². The average Bonchev–Trinajstić information content (AvgIpc) is 2.38. The van der Waals surface area contributed by atoms with E-state index in [1.165, 1.54) is 5.56 Å². The molecule has 2 rings (SSSR count). The standard InChI is InChI=1S/C14H17BrN4/c1-4-16-8-12-9(2)18-14(19-10(12)3)13-6-5-11(15)7-17-13/h5-7,16H,4,8H2,1-3H3. The number of halogens is 1. The molecule has 0 aliphatic heterocycles. The fourth-order valence-corrected chi connectivity index (χ4v) is 2.10. The number of hydrogen-bond donors (Lipinski definition) is 1. The van der Waals surface area contributed by atoms with E-state index in [1.807, 2.05) is 26.0 Å². The average molecular weight is 321 g/mol. The summed E-state index contributed by atoms with van der Waals surface area (Å²) in [6, 6.07) is 3.87. The van der Waals surface area contributed by atoms with E-state index in [9.17, 15) is 0 Å². The summed E-state index contributed by atoms with van der Waals surface area (Å²) >= 11 is 3.38. The Kier molecular flexibility index (Phi) is 4.61. The second-order valence-electron chi connectivity index (χ2n) is 4.34. The van der Waals surface area contributed by atoms with E-state index >= 15 is 0 Å². The van der Waals surface area contributed by atoms with Gasteiger partial charge in [0.1, 0.15) is 5.69 Å². The zero-order valence-electron chi connectivity index (χ0n) is 11.4. The molecule has 0 aliphatic rings. The molecule has 0 aromatic carbocycles. The van der Waals surface area contributed by atoms with Gasteiger partial charge in [-0.3, -0.25) is 4.98 Å². The first kappa shape index (κ1) is 14.1. The van der Waals surface area contributed by atoms with Crippen molar-refractivity contribution in [2.75, 3.05) is 6.54 Å². The Morgan fingerprint density at radius 2 is 1.84 bits per heavy atom. The number of nitrogens with one attached hydrogen (secondary N) is 1. The van der Waals surface area contributed by atoms with E-state index in [0.29, 0.717) is 5.82 Å². The van der Waals surface area contributed by atoms with E-state index in [1.54, 1.807) is 6.20 Å². The largest absolute Gasteiger partial charge is 0.313 e. The summed E-state index contributed by atoms with van der Waals surface area (Å²) in [5.74, 6) is 0.683. The lowest BCUT2D eigenvalue weighted by Gasteiger charge is -2.10. The van der Waals surface area contributed by atoms with Gasteiger partial charge in [-0.25, -0.2) is 9.97 Å². The smallest absolute Gasteiger partial charge is 0.178 e. The van der Waals surface area contributed by atoms with Crippen molar-refractivity contribution in [3.05, 3.63) is 39.8 Å². The number of rotatable bonds is 4. The molecular formula is C14H17BrN4. The highest BCUT2D eigenvalue weighted by Crippen LogP contribution is 2.18. The Labute approximate surface area is 121 Å². The van der Waals surface area contributed by atoms with Gasteiger partial charge in [-0.1, -0.05) is 6.92 Å². The summed E-state index contributed by atoms with van der Waals surface area (Å²) in [6.45, 7) is 7.87. The monoisotopic (exact) mass is 320 g/mol. The van der Waals surface area contributed by atoms with Crippen LogP contribution in [0.5, 0.6) is 0 Å². The van der Waals surface area contributed by atoms with Gasteiger partial charge in [0.15, 0.2) is 5.82 Å². The highest BCUT2D eigenvalue weighted by Gasteiger charge is 2.10. The topological polar surface area (TPSA) is 50.7 Å². The quantitative estimate of drug-likeness (QED) is 0.940. The molecule has 2 heterocycles. The summed E-state index contributed by atoms with van der Waals surface area (Å²) < 4.78 is 0.952. The maximum Gasteiger partial charge on any atom is 0.178 e. The zero-order chi connectivity index (χ0) is 13.8. The highest BCUT2D eigenvalue weighted by atomic mass is 79.9. The molecule has 0 aliphatic carbocycles. The fourth-order valence-electron chi connectivity index (χ4n) is 1.87. The van der Waals surface area contributed by atoms with Crippen LogP contribution < -0.4 is 5.32 Å². The number of hydrogen-bond acceptors (Lipinski definition) is 4. The third kappa shape index (κ3) is 3.36. The lowest BCUT2D eigenvalue weighted by Crippen LogP contribution is -2.15. The van der Waals surface area contributed by atoms with Crippen LogP contribution in [-0.4, -0.2) is 21.5 Å². The van der Waals surface area contributed by atoms with Crippen LogP contribution in [0.4, 0.5) is 0 Å². The summed E-state index contributed by atoms with van der Waals surface area (Å²) in [4.78, 5) is 13.5. The van der Waals surface area contributed by atoms with Gasteiger partial charge in [0.05, 0.1) is 0 Å². The van der Waals surface area contributed by atoms with Crippen molar-refractivity contribution in [1.82, 2.24) is 20.3 Å². The molecule has 0 fully saturated rings. The number of nitrogens with zero attached hydrogens (tertiary/aromatic N) is 3. The highest BCUT2D eigenvalue weighted by molar-refractivity contribution is 9.10. The van der Waals surface area contributed by atoms with Crippen molar-refractivity contribution in [2.45, 2.75) is 27.3 Å². The van der Waals surface area contributed by atoms with E-state index in [0.717, 1.165) is 34.6 Å². The molecule has 0 saturated carbocycles. The Morgan fingerprint density at radius 3 is 2.37 bits per heavy atom. The van der Waals surface area contributed by atoms with Crippen LogP contribution in [0.2, 0.25) is 0 Å². The molecule has 2 aromatic rings. The molecule has 0 saturated heterocycles. The maximum atomic E-state index is 4.56. The summed E-state index contributed by atoms with van der Waals surface area (Å²) in [7, 11) is 0. The van der Waals surface area contributed by atoms with Crippen molar-refractivity contribution in [3.8, 4) is 11.5 Å². The molecule has 0 amide bonds. The zero-order valence-corrected chi connectivity index (χ0v) is 13.0. The van der Waals surface area contributed by atoms with Crippen molar-refractivity contribution in [1.29, 1.82) is 0 Å².